The third-order valence-corrected chi connectivity index (χ3v) is 2.31. The Labute approximate surface area is 103 Å². The quantitative estimate of drug-likeness (QED) is 0.674. The standard InChI is InChI=1S/C10H8BrF4NO/c11-3-4-16-9(17)6-1-2-8(12)7(5-6)10(13,14)15/h1-2,5H,3-4H2,(H,16,17). The Morgan fingerprint density at radius 1 is 1.35 bits per heavy atom. The van der Waals surface area contributed by atoms with Gasteiger partial charge in [0, 0.05) is 17.4 Å². The summed E-state index contributed by atoms with van der Waals surface area (Å²) in [7, 11) is 0. The largest absolute Gasteiger partial charge is 0.419 e. The summed E-state index contributed by atoms with van der Waals surface area (Å²) < 4.78 is 50.0. The van der Waals surface area contributed by atoms with E-state index in [1.807, 2.05) is 0 Å². The second kappa shape index (κ2) is 5.48. The van der Waals surface area contributed by atoms with Crippen LogP contribution in [0.1, 0.15) is 15.9 Å². The molecule has 0 aliphatic rings. The molecule has 0 spiro atoms. The zero-order valence-electron chi connectivity index (χ0n) is 8.44. The molecule has 0 radical (unpaired) electrons. The van der Waals surface area contributed by atoms with Crippen molar-refractivity contribution in [3.8, 4) is 0 Å². The van der Waals surface area contributed by atoms with Crippen LogP contribution in [-0.2, 0) is 6.18 Å². The first-order valence-corrected chi connectivity index (χ1v) is 5.69. The SMILES string of the molecule is O=C(NCCBr)c1ccc(F)c(C(F)(F)F)c1. The van der Waals surface area contributed by atoms with Crippen LogP contribution in [0.15, 0.2) is 18.2 Å². The number of rotatable bonds is 3. The monoisotopic (exact) mass is 313 g/mol. The molecule has 17 heavy (non-hydrogen) atoms. The van der Waals surface area contributed by atoms with Crippen molar-refractivity contribution >= 4 is 21.8 Å². The van der Waals surface area contributed by atoms with Crippen molar-refractivity contribution in [1.82, 2.24) is 5.32 Å². The summed E-state index contributed by atoms with van der Waals surface area (Å²) in [6, 6.07) is 2.14. The molecule has 0 saturated carbocycles. The summed E-state index contributed by atoms with van der Waals surface area (Å²) in [5.74, 6) is -2.07. The summed E-state index contributed by atoms with van der Waals surface area (Å²) in [6.07, 6.45) is -4.81. The van der Waals surface area contributed by atoms with Crippen LogP contribution in [0.4, 0.5) is 17.6 Å². The van der Waals surface area contributed by atoms with E-state index in [1.165, 1.54) is 0 Å². The van der Waals surface area contributed by atoms with Crippen LogP contribution < -0.4 is 5.32 Å². The zero-order chi connectivity index (χ0) is 13.1. The predicted molar refractivity (Wildman–Crippen MR) is 57.5 cm³/mol. The van der Waals surface area contributed by atoms with E-state index in [0.717, 1.165) is 6.07 Å². The lowest BCUT2D eigenvalue weighted by molar-refractivity contribution is -0.140. The number of nitrogens with one attached hydrogen (secondary N) is 1. The Morgan fingerprint density at radius 2 is 2.00 bits per heavy atom. The van der Waals surface area contributed by atoms with Crippen LogP contribution in [-0.4, -0.2) is 17.8 Å². The highest BCUT2D eigenvalue weighted by Gasteiger charge is 2.34. The van der Waals surface area contributed by atoms with Gasteiger partial charge in [-0.05, 0) is 18.2 Å². The van der Waals surface area contributed by atoms with E-state index in [4.69, 9.17) is 0 Å². The highest BCUT2D eigenvalue weighted by Crippen LogP contribution is 2.31. The van der Waals surface area contributed by atoms with Gasteiger partial charge in [-0.3, -0.25) is 4.79 Å². The molecule has 0 unspecified atom stereocenters. The summed E-state index contributed by atoms with van der Waals surface area (Å²) in [5.41, 5.74) is -1.66. The van der Waals surface area contributed by atoms with Crippen LogP contribution in [0.5, 0.6) is 0 Å². The Morgan fingerprint density at radius 3 is 2.53 bits per heavy atom. The first-order valence-electron chi connectivity index (χ1n) is 4.57. The van der Waals surface area contributed by atoms with Crippen LogP contribution in [0, 0.1) is 5.82 Å². The molecule has 1 aromatic carbocycles. The highest BCUT2D eigenvalue weighted by molar-refractivity contribution is 9.09. The molecule has 0 bridgehead atoms. The minimum Gasteiger partial charge on any atom is -0.351 e. The van der Waals surface area contributed by atoms with Gasteiger partial charge in [-0.25, -0.2) is 4.39 Å². The Bertz CT molecular complexity index is 419. The second-order valence-corrected chi connectivity index (χ2v) is 3.93. The van der Waals surface area contributed by atoms with E-state index in [2.05, 4.69) is 21.2 Å². The van der Waals surface area contributed by atoms with Crippen molar-refractivity contribution in [2.24, 2.45) is 0 Å². The minimum absolute atomic E-state index is 0.223. The van der Waals surface area contributed by atoms with Crippen LogP contribution in [0.25, 0.3) is 0 Å². The van der Waals surface area contributed by atoms with Gasteiger partial charge in [0.25, 0.3) is 5.91 Å². The molecular weight excluding hydrogens is 306 g/mol. The number of carbonyl (C=O) groups is 1. The fourth-order valence-electron chi connectivity index (χ4n) is 1.15. The van der Waals surface area contributed by atoms with Crippen LogP contribution in [0.3, 0.4) is 0 Å². The number of amides is 1. The summed E-state index contributed by atoms with van der Waals surface area (Å²) in [5, 5.41) is 2.85. The van der Waals surface area contributed by atoms with Gasteiger partial charge < -0.3 is 5.32 Å². The number of carbonyl (C=O) groups excluding carboxylic acids is 1. The molecule has 1 aromatic rings. The summed E-state index contributed by atoms with van der Waals surface area (Å²) in [4.78, 5) is 11.4. The summed E-state index contributed by atoms with van der Waals surface area (Å²) in [6.45, 7) is 0.275. The van der Waals surface area contributed by atoms with E-state index < -0.39 is 23.5 Å². The van der Waals surface area contributed by atoms with Gasteiger partial charge in [0.1, 0.15) is 5.82 Å². The van der Waals surface area contributed by atoms with E-state index in [0.29, 0.717) is 17.5 Å². The van der Waals surface area contributed by atoms with Gasteiger partial charge in [-0.1, -0.05) is 15.9 Å². The lowest BCUT2D eigenvalue weighted by atomic mass is 10.1. The van der Waals surface area contributed by atoms with E-state index in [1.54, 1.807) is 0 Å². The molecular formula is C10H8BrF4NO. The average Bonchev–Trinajstić information content (AvgIpc) is 2.25. The number of hydrogen-bond acceptors (Lipinski definition) is 1. The maximum atomic E-state index is 12.9. The Kier molecular flexibility index (Phi) is 4.50. The van der Waals surface area contributed by atoms with Gasteiger partial charge in [0.05, 0.1) is 5.56 Å². The molecule has 0 heterocycles. The van der Waals surface area contributed by atoms with Gasteiger partial charge >= 0.3 is 6.18 Å². The third kappa shape index (κ3) is 3.69. The molecule has 7 heteroatoms. The van der Waals surface area contributed by atoms with E-state index >= 15 is 0 Å². The van der Waals surface area contributed by atoms with Crippen molar-refractivity contribution in [1.29, 1.82) is 0 Å². The van der Waals surface area contributed by atoms with E-state index in [9.17, 15) is 22.4 Å². The predicted octanol–water partition coefficient (Wildman–Crippen LogP) is 2.97. The molecule has 0 fully saturated rings. The molecule has 0 aliphatic heterocycles. The fraction of sp³-hybridized carbons (Fsp3) is 0.300. The highest BCUT2D eigenvalue weighted by atomic mass is 79.9. The zero-order valence-corrected chi connectivity index (χ0v) is 10.0. The van der Waals surface area contributed by atoms with Gasteiger partial charge in [-0.15, -0.1) is 0 Å². The fourth-order valence-corrected chi connectivity index (χ4v) is 1.34. The average molecular weight is 314 g/mol. The molecule has 0 saturated heterocycles. The second-order valence-electron chi connectivity index (χ2n) is 3.14. The molecule has 0 aromatic heterocycles. The third-order valence-electron chi connectivity index (χ3n) is 1.91. The van der Waals surface area contributed by atoms with Gasteiger partial charge in [-0.2, -0.15) is 13.2 Å². The maximum Gasteiger partial charge on any atom is 0.419 e. The molecule has 2 nitrogen and oxygen atoms in total. The topological polar surface area (TPSA) is 29.1 Å². The normalized spacial score (nSPS) is 11.4. The van der Waals surface area contributed by atoms with Crippen molar-refractivity contribution in [2.45, 2.75) is 6.18 Å². The maximum absolute atomic E-state index is 12.9. The minimum atomic E-state index is -4.81. The summed E-state index contributed by atoms with van der Waals surface area (Å²) >= 11 is 3.05. The van der Waals surface area contributed by atoms with E-state index in [-0.39, 0.29) is 12.1 Å². The van der Waals surface area contributed by atoms with Crippen molar-refractivity contribution < 1.29 is 22.4 Å². The number of alkyl halides is 4. The smallest absolute Gasteiger partial charge is 0.351 e. The van der Waals surface area contributed by atoms with Crippen molar-refractivity contribution in [2.75, 3.05) is 11.9 Å². The van der Waals surface area contributed by atoms with Crippen molar-refractivity contribution in [3.63, 3.8) is 0 Å². The lowest BCUT2D eigenvalue weighted by Crippen LogP contribution is -2.25. The molecule has 1 amide bonds. The number of benzene rings is 1. The van der Waals surface area contributed by atoms with Crippen LogP contribution in [0.2, 0.25) is 0 Å². The van der Waals surface area contributed by atoms with Gasteiger partial charge in [0.15, 0.2) is 0 Å². The number of hydrogen-bond donors (Lipinski definition) is 1. The Balaban J connectivity index is 3.00. The molecule has 0 aliphatic carbocycles. The Hall–Kier alpha value is -1.11. The molecule has 1 N–H and O–H groups in total. The van der Waals surface area contributed by atoms with Crippen LogP contribution >= 0.6 is 15.9 Å². The molecule has 1 rings (SSSR count). The van der Waals surface area contributed by atoms with Crippen molar-refractivity contribution in [3.05, 3.63) is 35.1 Å². The van der Waals surface area contributed by atoms with Gasteiger partial charge in [0.2, 0.25) is 0 Å². The first kappa shape index (κ1) is 14.0. The number of halogens is 5. The molecule has 94 valence electrons. The molecule has 0 atom stereocenters. The first-order chi connectivity index (χ1) is 7.86. The lowest BCUT2D eigenvalue weighted by Gasteiger charge is -2.10.